The molecule has 0 amide bonds. The molecule has 0 aliphatic heterocycles. The Morgan fingerprint density at radius 2 is 1.79 bits per heavy atom. The number of halogens is 4. The largest absolute Gasteiger partial charge is 0.451 e. The van der Waals surface area contributed by atoms with Crippen LogP contribution in [0, 0.1) is 0 Å². The van der Waals surface area contributed by atoms with Crippen LogP contribution in [0.5, 0.6) is 0 Å². The highest BCUT2D eigenvalue weighted by Gasteiger charge is 2.41. The van der Waals surface area contributed by atoms with Crippen LogP contribution in [0.1, 0.15) is 20.8 Å². The van der Waals surface area contributed by atoms with Gasteiger partial charge < -0.3 is 0 Å². The van der Waals surface area contributed by atoms with Crippen LogP contribution in [0.3, 0.4) is 0 Å². The molecule has 1 atom stereocenters. The number of carbonyl (C=O) groups is 1. The molecule has 0 spiro atoms. The molecule has 0 fully saturated rings. The van der Waals surface area contributed by atoms with Crippen molar-refractivity contribution in [2.45, 2.75) is 37.3 Å². The molecule has 0 saturated carbocycles. The molecule has 0 saturated heterocycles. The predicted octanol–water partition coefficient (Wildman–Crippen LogP) is 2.75. The summed E-state index contributed by atoms with van der Waals surface area (Å²) in [6, 6.07) is 0. The quantitative estimate of drug-likeness (QED) is 0.562. The Balaban J connectivity index is 4.45. The van der Waals surface area contributed by atoms with Crippen molar-refractivity contribution in [2.75, 3.05) is 0 Å². The van der Waals surface area contributed by atoms with Crippen LogP contribution in [-0.4, -0.2) is 28.5 Å². The van der Waals surface area contributed by atoms with Crippen molar-refractivity contribution in [3.8, 4) is 0 Å². The number of aliphatic imine (C=N–C) groups is 1. The first-order valence-electron chi connectivity index (χ1n) is 3.84. The number of alkyl halides is 4. The summed E-state index contributed by atoms with van der Waals surface area (Å²) in [6.07, 6.45) is -3.85. The van der Waals surface area contributed by atoms with E-state index < -0.39 is 22.3 Å². The van der Waals surface area contributed by atoms with Crippen molar-refractivity contribution in [1.29, 1.82) is 0 Å². The Labute approximate surface area is 88.7 Å². The molecule has 2 nitrogen and oxygen atoms in total. The van der Waals surface area contributed by atoms with E-state index in [-0.39, 0.29) is 0 Å². The second-order valence-electron chi connectivity index (χ2n) is 3.71. The summed E-state index contributed by atoms with van der Waals surface area (Å²) in [5, 5.41) is 0. The third-order valence-electron chi connectivity index (χ3n) is 1.12. The third kappa shape index (κ3) is 5.36. The Hall–Kier alpha value is -0.390. The molecule has 6 heteroatoms. The molecule has 0 aromatic rings. The van der Waals surface area contributed by atoms with Gasteiger partial charge in [-0.3, -0.25) is 9.79 Å². The van der Waals surface area contributed by atoms with Crippen molar-refractivity contribution in [3.05, 3.63) is 0 Å². The highest BCUT2D eigenvalue weighted by molar-refractivity contribution is 9.10. The molecule has 0 rings (SSSR count). The minimum atomic E-state index is -4.82. The van der Waals surface area contributed by atoms with Gasteiger partial charge in [-0.15, -0.1) is 0 Å². The van der Waals surface area contributed by atoms with Crippen molar-refractivity contribution in [3.63, 3.8) is 0 Å². The van der Waals surface area contributed by atoms with Gasteiger partial charge >= 0.3 is 6.18 Å². The number of Topliss-reactive ketones (excluding diaryl/α,β-unsaturated/α-hetero) is 1. The average Bonchev–Trinajstić information content (AvgIpc) is 1.95. The molecule has 0 aliphatic rings. The summed E-state index contributed by atoms with van der Waals surface area (Å²) >= 11 is 2.61. The summed E-state index contributed by atoms with van der Waals surface area (Å²) in [6.45, 7) is 5.17. The van der Waals surface area contributed by atoms with Crippen LogP contribution in [-0.2, 0) is 4.79 Å². The predicted molar refractivity (Wildman–Crippen MR) is 52.0 cm³/mol. The zero-order chi connectivity index (χ0) is 11.6. The van der Waals surface area contributed by atoms with Crippen LogP contribution in [0.25, 0.3) is 0 Å². The maximum Gasteiger partial charge on any atom is 0.451 e. The average molecular weight is 274 g/mol. The maximum absolute atomic E-state index is 11.9. The Kier molecular flexibility index (Phi) is 4.30. The zero-order valence-electron chi connectivity index (χ0n) is 8.02. The van der Waals surface area contributed by atoms with Crippen LogP contribution in [0.4, 0.5) is 13.2 Å². The van der Waals surface area contributed by atoms with Gasteiger partial charge in [0.05, 0.1) is 5.54 Å². The number of carbonyl (C=O) groups excluding carboxylic acids is 1. The Morgan fingerprint density at radius 1 is 1.36 bits per heavy atom. The van der Waals surface area contributed by atoms with E-state index in [4.69, 9.17) is 0 Å². The number of hydrogen-bond donors (Lipinski definition) is 0. The van der Waals surface area contributed by atoms with Gasteiger partial charge in [-0.05, 0) is 20.8 Å². The second-order valence-corrected chi connectivity index (χ2v) is 4.70. The Bertz CT molecular complexity index is 242. The molecule has 0 aliphatic carbocycles. The van der Waals surface area contributed by atoms with Gasteiger partial charge in [-0.25, -0.2) is 0 Å². The summed E-state index contributed by atoms with van der Waals surface area (Å²) in [5.74, 6) is -1.84. The van der Waals surface area contributed by atoms with E-state index in [1.807, 2.05) is 0 Å². The molecular formula is C8H11BrF3NO. The normalized spacial score (nSPS) is 15.9. The smallest absolute Gasteiger partial charge is 0.290 e. The fourth-order valence-corrected chi connectivity index (χ4v) is 0.891. The summed E-state index contributed by atoms with van der Waals surface area (Å²) in [4.78, 5) is 13.0. The molecule has 1 unspecified atom stereocenters. The fraction of sp³-hybridized carbons (Fsp3) is 0.750. The molecule has 0 N–H and O–H groups in total. The fourth-order valence-electron chi connectivity index (χ4n) is 0.513. The maximum atomic E-state index is 11.9. The van der Waals surface area contributed by atoms with E-state index in [9.17, 15) is 18.0 Å². The topological polar surface area (TPSA) is 29.4 Å². The lowest BCUT2D eigenvalue weighted by Gasteiger charge is -2.13. The van der Waals surface area contributed by atoms with Crippen LogP contribution in [0.2, 0.25) is 0 Å². The number of nitrogens with zero attached hydrogens (tertiary/aromatic N) is 1. The highest BCUT2D eigenvalue weighted by atomic mass is 79.9. The highest BCUT2D eigenvalue weighted by Crippen LogP contribution is 2.21. The minimum absolute atomic E-state index is 0.488. The lowest BCUT2D eigenvalue weighted by Crippen LogP contribution is -2.32. The van der Waals surface area contributed by atoms with E-state index in [0.29, 0.717) is 0 Å². The van der Waals surface area contributed by atoms with Crippen LogP contribution in [0.15, 0.2) is 4.99 Å². The first-order valence-corrected chi connectivity index (χ1v) is 4.76. The lowest BCUT2D eigenvalue weighted by molar-refractivity contribution is -0.168. The van der Waals surface area contributed by atoms with Gasteiger partial charge in [0.2, 0.25) is 0 Å². The van der Waals surface area contributed by atoms with E-state index in [1.165, 1.54) is 0 Å². The Morgan fingerprint density at radius 3 is 2.07 bits per heavy atom. The minimum Gasteiger partial charge on any atom is -0.290 e. The van der Waals surface area contributed by atoms with Gasteiger partial charge in [0, 0.05) is 6.21 Å². The van der Waals surface area contributed by atoms with Crippen LogP contribution < -0.4 is 0 Å². The van der Waals surface area contributed by atoms with Gasteiger partial charge in [-0.1, -0.05) is 15.9 Å². The van der Waals surface area contributed by atoms with Crippen LogP contribution >= 0.6 is 15.9 Å². The second kappa shape index (κ2) is 4.42. The number of hydrogen-bond acceptors (Lipinski definition) is 2. The summed E-state index contributed by atoms with van der Waals surface area (Å²) < 4.78 is 35.6. The molecule has 0 radical (unpaired) electrons. The van der Waals surface area contributed by atoms with E-state index in [1.54, 1.807) is 20.8 Å². The molecule has 0 aromatic heterocycles. The van der Waals surface area contributed by atoms with Gasteiger partial charge in [0.1, 0.15) is 4.83 Å². The molecule has 0 bridgehead atoms. The molecular weight excluding hydrogens is 263 g/mol. The molecule has 0 aromatic carbocycles. The third-order valence-corrected chi connectivity index (χ3v) is 1.77. The number of ketones is 1. The zero-order valence-corrected chi connectivity index (χ0v) is 9.61. The molecule has 0 heterocycles. The first kappa shape index (κ1) is 13.6. The van der Waals surface area contributed by atoms with E-state index in [2.05, 4.69) is 20.9 Å². The number of rotatable bonds is 2. The monoisotopic (exact) mass is 273 g/mol. The van der Waals surface area contributed by atoms with Gasteiger partial charge in [0.15, 0.2) is 0 Å². The molecule has 82 valence electrons. The van der Waals surface area contributed by atoms with Crippen molar-refractivity contribution >= 4 is 27.9 Å². The summed E-state index contributed by atoms with van der Waals surface area (Å²) in [5.41, 5.74) is -0.488. The van der Waals surface area contributed by atoms with Gasteiger partial charge in [0.25, 0.3) is 5.78 Å². The van der Waals surface area contributed by atoms with E-state index in [0.717, 1.165) is 6.21 Å². The van der Waals surface area contributed by atoms with E-state index >= 15 is 0 Å². The molecule has 14 heavy (non-hydrogen) atoms. The van der Waals surface area contributed by atoms with Crippen molar-refractivity contribution in [2.24, 2.45) is 4.99 Å². The summed E-state index contributed by atoms with van der Waals surface area (Å²) in [7, 11) is 0. The van der Waals surface area contributed by atoms with Gasteiger partial charge in [-0.2, -0.15) is 13.2 Å². The first-order chi connectivity index (χ1) is 6.04. The van der Waals surface area contributed by atoms with Crippen molar-refractivity contribution in [1.82, 2.24) is 0 Å². The van der Waals surface area contributed by atoms with Crippen molar-refractivity contribution < 1.29 is 18.0 Å². The SMILES string of the molecule is CC(C)(C)N=CC(Br)C(=O)C(F)(F)F. The lowest BCUT2D eigenvalue weighted by atomic mass is 10.1. The standard InChI is InChI=1S/C8H11BrF3NO/c1-7(2,3)13-4-5(9)6(14)8(10,11)12/h4-5H,1-3H3.